The van der Waals surface area contributed by atoms with Gasteiger partial charge in [-0.15, -0.1) is 0 Å². The van der Waals surface area contributed by atoms with Gasteiger partial charge in [0.2, 0.25) is 0 Å². The van der Waals surface area contributed by atoms with Crippen LogP contribution < -0.4 is 15.8 Å². The summed E-state index contributed by atoms with van der Waals surface area (Å²) in [6, 6.07) is 8.20. The van der Waals surface area contributed by atoms with Gasteiger partial charge in [0.25, 0.3) is 0 Å². The van der Waals surface area contributed by atoms with Crippen molar-refractivity contribution in [3.05, 3.63) is 41.2 Å². The molecule has 0 amide bonds. The lowest BCUT2D eigenvalue weighted by Gasteiger charge is -2.14. The van der Waals surface area contributed by atoms with E-state index in [0.717, 1.165) is 35.3 Å². The Kier molecular flexibility index (Phi) is 2.83. The van der Waals surface area contributed by atoms with E-state index in [4.69, 9.17) is 0 Å². The Balaban J connectivity index is 2.03. The first-order valence-electron chi connectivity index (χ1n) is 6.32. The number of nitrogens with zero attached hydrogens (tertiary/aromatic N) is 3. The number of anilines is 3. The number of hydrogen-bond acceptors (Lipinski definition) is 5. The van der Waals surface area contributed by atoms with E-state index < -0.39 is 0 Å². The van der Waals surface area contributed by atoms with Crippen LogP contribution in [-0.2, 0) is 6.54 Å². The van der Waals surface area contributed by atoms with Crippen molar-refractivity contribution in [2.24, 2.45) is 0 Å². The second kappa shape index (κ2) is 4.51. The first kappa shape index (κ1) is 11.9. The van der Waals surface area contributed by atoms with E-state index in [2.05, 4.69) is 39.8 Å². The standard InChI is InChI=1S/C14H17N5/c1-9-6-4-5-7-12(9)18-13-11-8-15-19(3)14(11)17-10(2)16-13/h4-7,15H,8H2,1-3H3,(H,16,17,18). The highest BCUT2D eigenvalue weighted by molar-refractivity contribution is 5.68. The van der Waals surface area contributed by atoms with E-state index in [9.17, 15) is 0 Å². The highest BCUT2D eigenvalue weighted by atomic mass is 15.5. The molecule has 5 nitrogen and oxygen atoms in total. The minimum absolute atomic E-state index is 0.750. The summed E-state index contributed by atoms with van der Waals surface area (Å²) in [5.74, 6) is 2.60. The molecule has 2 aromatic rings. The number of aryl methyl sites for hydroxylation is 2. The molecule has 19 heavy (non-hydrogen) atoms. The Morgan fingerprint density at radius 1 is 1.21 bits per heavy atom. The summed E-state index contributed by atoms with van der Waals surface area (Å²) in [5.41, 5.74) is 6.63. The molecule has 0 saturated carbocycles. The van der Waals surface area contributed by atoms with Gasteiger partial charge in [-0.05, 0) is 25.5 Å². The van der Waals surface area contributed by atoms with Crippen molar-refractivity contribution < 1.29 is 0 Å². The lowest BCUT2D eigenvalue weighted by molar-refractivity contribution is 0.730. The lowest BCUT2D eigenvalue weighted by Crippen LogP contribution is -2.27. The summed E-state index contributed by atoms with van der Waals surface area (Å²) in [7, 11) is 1.97. The third-order valence-corrected chi connectivity index (χ3v) is 3.31. The number of rotatable bonds is 2. The minimum Gasteiger partial charge on any atom is -0.340 e. The normalized spacial score (nSPS) is 13.5. The van der Waals surface area contributed by atoms with Crippen LogP contribution in [0.15, 0.2) is 24.3 Å². The van der Waals surface area contributed by atoms with E-state index in [-0.39, 0.29) is 0 Å². The number of aromatic nitrogens is 2. The molecule has 2 heterocycles. The maximum atomic E-state index is 4.53. The Bertz CT molecular complexity index is 623. The molecule has 2 N–H and O–H groups in total. The fraction of sp³-hybridized carbons (Fsp3) is 0.286. The summed E-state index contributed by atoms with van der Waals surface area (Å²) in [6.07, 6.45) is 0. The van der Waals surface area contributed by atoms with Crippen LogP contribution in [0.1, 0.15) is 17.0 Å². The number of hydrogen-bond donors (Lipinski definition) is 2. The second-order valence-electron chi connectivity index (χ2n) is 4.76. The van der Waals surface area contributed by atoms with Crippen LogP contribution in [-0.4, -0.2) is 17.0 Å². The average molecular weight is 255 g/mol. The zero-order valence-electron chi connectivity index (χ0n) is 11.4. The summed E-state index contributed by atoms with van der Waals surface area (Å²) in [5, 5.41) is 5.35. The van der Waals surface area contributed by atoms with Gasteiger partial charge in [-0.25, -0.2) is 15.4 Å². The summed E-state index contributed by atoms with van der Waals surface area (Å²) < 4.78 is 0. The zero-order chi connectivity index (χ0) is 13.4. The quantitative estimate of drug-likeness (QED) is 0.862. The van der Waals surface area contributed by atoms with Gasteiger partial charge in [0, 0.05) is 19.3 Å². The van der Waals surface area contributed by atoms with Crippen molar-refractivity contribution in [3.8, 4) is 0 Å². The van der Waals surface area contributed by atoms with Crippen LogP contribution in [0.3, 0.4) is 0 Å². The molecule has 0 aliphatic carbocycles. The van der Waals surface area contributed by atoms with Crippen LogP contribution >= 0.6 is 0 Å². The minimum atomic E-state index is 0.750. The van der Waals surface area contributed by atoms with Gasteiger partial charge in [0.1, 0.15) is 11.6 Å². The predicted molar refractivity (Wildman–Crippen MR) is 76.5 cm³/mol. The molecule has 1 aliphatic heterocycles. The lowest BCUT2D eigenvalue weighted by atomic mass is 10.2. The first-order chi connectivity index (χ1) is 9.15. The fourth-order valence-corrected chi connectivity index (χ4v) is 2.24. The molecule has 0 spiro atoms. The van der Waals surface area contributed by atoms with Crippen molar-refractivity contribution in [2.45, 2.75) is 20.4 Å². The van der Waals surface area contributed by atoms with E-state index in [1.807, 2.05) is 31.1 Å². The van der Waals surface area contributed by atoms with E-state index in [1.165, 1.54) is 5.56 Å². The van der Waals surface area contributed by atoms with Crippen LogP contribution in [0.4, 0.5) is 17.3 Å². The van der Waals surface area contributed by atoms with E-state index in [1.54, 1.807) is 0 Å². The van der Waals surface area contributed by atoms with Gasteiger partial charge in [0.05, 0.1) is 5.56 Å². The van der Waals surface area contributed by atoms with Gasteiger partial charge in [-0.1, -0.05) is 18.2 Å². The fourth-order valence-electron chi connectivity index (χ4n) is 2.24. The zero-order valence-corrected chi connectivity index (χ0v) is 11.4. The maximum Gasteiger partial charge on any atom is 0.152 e. The summed E-state index contributed by atoms with van der Waals surface area (Å²) in [6.45, 7) is 4.75. The summed E-state index contributed by atoms with van der Waals surface area (Å²) >= 11 is 0. The molecule has 0 fully saturated rings. The first-order valence-corrected chi connectivity index (χ1v) is 6.32. The Labute approximate surface area is 112 Å². The predicted octanol–water partition coefficient (Wildman–Crippen LogP) is 2.29. The number of hydrazine groups is 1. The van der Waals surface area contributed by atoms with Crippen LogP contribution in [0, 0.1) is 13.8 Å². The van der Waals surface area contributed by atoms with Gasteiger partial charge >= 0.3 is 0 Å². The highest BCUT2D eigenvalue weighted by Gasteiger charge is 2.22. The van der Waals surface area contributed by atoms with Crippen molar-refractivity contribution >= 4 is 17.3 Å². The van der Waals surface area contributed by atoms with Crippen molar-refractivity contribution in [3.63, 3.8) is 0 Å². The molecule has 1 aliphatic rings. The SMILES string of the molecule is Cc1nc(Nc2ccccc2C)c2c(n1)N(C)NC2. The van der Waals surface area contributed by atoms with Gasteiger partial charge in [-0.3, -0.25) is 5.01 Å². The molecule has 3 rings (SSSR count). The molecular formula is C14H17N5. The average Bonchev–Trinajstić information content (AvgIpc) is 2.74. The van der Waals surface area contributed by atoms with Crippen LogP contribution in [0.5, 0.6) is 0 Å². The van der Waals surface area contributed by atoms with Crippen molar-refractivity contribution in [1.29, 1.82) is 0 Å². The molecule has 0 bridgehead atoms. The largest absolute Gasteiger partial charge is 0.340 e. The molecule has 0 saturated heterocycles. The second-order valence-corrected chi connectivity index (χ2v) is 4.76. The third-order valence-electron chi connectivity index (χ3n) is 3.31. The van der Waals surface area contributed by atoms with Crippen LogP contribution in [0.2, 0.25) is 0 Å². The number of para-hydroxylation sites is 1. The van der Waals surface area contributed by atoms with E-state index in [0.29, 0.717) is 0 Å². The Hall–Kier alpha value is -2.14. The van der Waals surface area contributed by atoms with Gasteiger partial charge in [-0.2, -0.15) is 0 Å². The number of benzene rings is 1. The number of nitrogens with one attached hydrogen (secondary N) is 2. The van der Waals surface area contributed by atoms with Gasteiger partial charge in [0.15, 0.2) is 5.82 Å². The maximum absolute atomic E-state index is 4.53. The van der Waals surface area contributed by atoms with Gasteiger partial charge < -0.3 is 5.32 Å². The highest BCUT2D eigenvalue weighted by Crippen LogP contribution is 2.30. The molecule has 0 atom stereocenters. The molecule has 1 aromatic carbocycles. The molecule has 0 unspecified atom stereocenters. The molecule has 1 aromatic heterocycles. The Morgan fingerprint density at radius 3 is 2.79 bits per heavy atom. The molecular weight excluding hydrogens is 238 g/mol. The molecule has 0 radical (unpaired) electrons. The van der Waals surface area contributed by atoms with Crippen molar-refractivity contribution in [2.75, 3.05) is 17.4 Å². The third kappa shape index (κ3) is 2.13. The van der Waals surface area contributed by atoms with E-state index >= 15 is 0 Å². The molecule has 98 valence electrons. The Morgan fingerprint density at radius 2 is 2.00 bits per heavy atom. The van der Waals surface area contributed by atoms with Crippen LogP contribution in [0.25, 0.3) is 0 Å². The smallest absolute Gasteiger partial charge is 0.152 e. The van der Waals surface area contributed by atoms with Crippen molar-refractivity contribution in [1.82, 2.24) is 15.4 Å². The molecule has 5 heteroatoms. The number of fused-ring (bicyclic) bond motifs is 1. The monoisotopic (exact) mass is 255 g/mol. The topological polar surface area (TPSA) is 53.1 Å². The summed E-state index contributed by atoms with van der Waals surface area (Å²) in [4.78, 5) is 9.00.